The van der Waals surface area contributed by atoms with Crippen LogP contribution in [0.3, 0.4) is 0 Å². The lowest BCUT2D eigenvalue weighted by Crippen LogP contribution is -2.49. The van der Waals surface area contributed by atoms with E-state index in [1.165, 1.54) is 18.7 Å². The molecule has 2 amide bonds. The number of ether oxygens (including phenoxy) is 3. The normalized spacial score (nSPS) is 23.9. The van der Waals surface area contributed by atoms with Crippen LogP contribution in [0.2, 0.25) is 0 Å². The van der Waals surface area contributed by atoms with E-state index in [1.807, 2.05) is 6.07 Å². The first-order valence-corrected chi connectivity index (χ1v) is 20.1. The van der Waals surface area contributed by atoms with Gasteiger partial charge in [-0.1, -0.05) is 61.7 Å². The number of benzene rings is 1. The number of nitrogens with zero attached hydrogens (tertiary/aromatic N) is 2. The fourth-order valence-corrected chi connectivity index (χ4v) is 8.26. The molecular weight excluding hydrogens is 769 g/mol. The number of amides is 2. The molecule has 1 N–H and O–H groups in total. The van der Waals surface area contributed by atoms with Crippen molar-refractivity contribution in [1.29, 1.82) is 0 Å². The number of pyridine rings is 1. The van der Waals surface area contributed by atoms with Crippen molar-refractivity contribution < 1.29 is 41.8 Å². The molecule has 290 valence electrons. The Bertz CT molecular complexity index is 1910. The van der Waals surface area contributed by atoms with E-state index in [0.717, 1.165) is 5.39 Å². The number of allylic oxidation sites excluding steroid dienone is 1. The van der Waals surface area contributed by atoms with Crippen LogP contribution in [-0.2, 0) is 33.9 Å². The topological polar surface area (TPSA) is 158 Å². The zero-order chi connectivity index (χ0) is 39.3. The van der Waals surface area contributed by atoms with Gasteiger partial charge in [0.05, 0.1) is 42.7 Å². The van der Waals surface area contributed by atoms with Gasteiger partial charge in [-0.25, -0.2) is 13.4 Å². The molecule has 1 aromatic heterocycles. The number of hydrogen-bond acceptors (Lipinski definition) is 10. The lowest BCUT2D eigenvalue weighted by molar-refractivity contribution is -0.162. The maximum atomic E-state index is 14.6. The number of Topliss-reactive ketones (excluding diaryl/α,β-unsaturated/α-hetero) is 1. The zero-order valence-corrected chi connectivity index (χ0v) is 33.7. The molecule has 0 spiro atoms. The van der Waals surface area contributed by atoms with Crippen molar-refractivity contribution in [2.24, 2.45) is 22.7 Å². The largest absolute Gasteiger partial charge is 0.497 e. The van der Waals surface area contributed by atoms with Gasteiger partial charge in [0.25, 0.3) is 0 Å². The van der Waals surface area contributed by atoms with Gasteiger partial charge in [0, 0.05) is 24.4 Å². The lowest BCUT2D eigenvalue weighted by Gasteiger charge is -2.36. The molecule has 2 heterocycles. The second-order valence-electron chi connectivity index (χ2n) is 15.8. The molecular formula is C37H46Cl3N3O9S. The number of ketones is 1. The Kier molecular flexibility index (Phi) is 11.5. The van der Waals surface area contributed by atoms with Crippen molar-refractivity contribution in [2.75, 3.05) is 13.7 Å². The van der Waals surface area contributed by atoms with Gasteiger partial charge in [-0.05, 0) is 74.1 Å². The Labute approximate surface area is 325 Å². The third kappa shape index (κ3) is 8.89. The number of alkyl halides is 3. The minimum Gasteiger partial charge on any atom is -0.497 e. The zero-order valence-electron chi connectivity index (χ0n) is 30.6. The summed E-state index contributed by atoms with van der Waals surface area (Å²) in [6, 6.07) is 6.13. The summed E-state index contributed by atoms with van der Waals surface area (Å²) in [5, 5.41) is 0.855. The van der Waals surface area contributed by atoms with E-state index in [0.29, 0.717) is 24.0 Å². The Balaban J connectivity index is 1.45. The fourth-order valence-electron chi connectivity index (χ4n) is 6.76. The number of fused-ring (bicyclic) bond motifs is 1. The maximum absolute atomic E-state index is 14.6. The highest BCUT2D eigenvalue weighted by atomic mass is 35.6. The second kappa shape index (κ2) is 14.8. The maximum Gasteiger partial charge on any atom is 0.307 e. The van der Waals surface area contributed by atoms with Crippen LogP contribution in [0, 0.1) is 22.7 Å². The van der Waals surface area contributed by atoms with E-state index in [1.54, 1.807) is 58.4 Å². The summed E-state index contributed by atoms with van der Waals surface area (Å²) < 4.78 is 43.0. The van der Waals surface area contributed by atoms with E-state index in [9.17, 15) is 27.6 Å². The number of sulfonamides is 1. The quantitative estimate of drug-likeness (QED) is 0.134. The number of hydrogen-bond donors (Lipinski definition) is 1. The third-order valence-electron chi connectivity index (χ3n) is 10.5. The van der Waals surface area contributed by atoms with Gasteiger partial charge in [-0.2, -0.15) is 0 Å². The molecule has 0 radical (unpaired) electrons. The number of rotatable bonds is 14. The number of esters is 1. The number of methoxy groups -OCH3 is 1. The van der Waals surface area contributed by atoms with Crippen molar-refractivity contribution in [2.45, 2.75) is 99.9 Å². The average molecular weight is 815 g/mol. The standard InChI is InChI=1S/C37H46Cl3N3O9S/c1-8-22-18-36(22,33(47)42-53(48,49)25-10-11-25)19-29(44)28-16-24(51-31-26-12-9-23(50-7)15-21(26)13-14-41-31)20-43(28)32(46)27(34(2,3)4)17-30(45)52-35(5,6)37(38,39)40/h8-9,12-15,22,24-25,27-28H,1,10-11,16-20H2,2-7H3,(H,42,47)/t22-,24-,27-,28+,36-/m1/s1. The molecule has 5 atom stereocenters. The van der Waals surface area contributed by atoms with Gasteiger partial charge >= 0.3 is 5.97 Å². The second-order valence-corrected chi connectivity index (χ2v) is 20.1. The molecule has 2 saturated carbocycles. The van der Waals surface area contributed by atoms with Crippen molar-refractivity contribution in [3.8, 4) is 11.6 Å². The van der Waals surface area contributed by atoms with E-state index < -0.39 is 83.0 Å². The first-order chi connectivity index (χ1) is 24.5. The predicted octanol–water partition coefficient (Wildman–Crippen LogP) is 6.10. The highest BCUT2D eigenvalue weighted by Gasteiger charge is 2.61. The summed E-state index contributed by atoms with van der Waals surface area (Å²) in [7, 11) is -2.32. The number of aromatic nitrogens is 1. The minimum atomic E-state index is -3.88. The van der Waals surface area contributed by atoms with Crippen LogP contribution >= 0.6 is 34.8 Å². The van der Waals surface area contributed by atoms with E-state index in [2.05, 4.69) is 16.3 Å². The van der Waals surface area contributed by atoms with Gasteiger partial charge < -0.3 is 19.1 Å². The number of carbonyl (C=O) groups is 4. The number of likely N-dealkylation sites (tertiary alicyclic amines) is 1. The lowest BCUT2D eigenvalue weighted by atomic mass is 9.77. The monoisotopic (exact) mass is 813 g/mol. The molecule has 1 aromatic carbocycles. The molecule has 16 heteroatoms. The molecule has 0 bridgehead atoms. The van der Waals surface area contributed by atoms with Crippen molar-refractivity contribution in [3.63, 3.8) is 0 Å². The summed E-state index contributed by atoms with van der Waals surface area (Å²) in [6.45, 7) is 12.0. The highest BCUT2D eigenvalue weighted by molar-refractivity contribution is 7.90. The Morgan fingerprint density at radius 1 is 1.11 bits per heavy atom. The van der Waals surface area contributed by atoms with Crippen LogP contribution in [-0.4, -0.2) is 82.3 Å². The van der Waals surface area contributed by atoms with Crippen LogP contribution in [0.1, 0.15) is 73.1 Å². The van der Waals surface area contributed by atoms with E-state index in [4.69, 9.17) is 49.0 Å². The Morgan fingerprint density at radius 2 is 1.79 bits per heavy atom. The summed E-state index contributed by atoms with van der Waals surface area (Å²) >= 11 is 18.2. The molecule has 3 fully saturated rings. The first kappa shape index (κ1) is 41.0. The summed E-state index contributed by atoms with van der Waals surface area (Å²) in [5.74, 6) is -2.98. The van der Waals surface area contributed by atoms with E-state index >= 15 is 0 Å². The van der Waals surface area contributed by atoms with E-state index in [-0.39, 0.29) is 38.1 Å². The molecule has 53 heavy (non-hydrogen) atoms. The molecule has 0 unspecified atom stereocenters. The summed E-state index contributed by atoms with van der Waals surface area (Å²) in [5.41, 5.74) is -3.65. The van der Waals surface area contributed by atoms with Gasteiger partial charge in [0.2, 0.25) is 31.5 Å². The molecule has 1 aliphatic heterocycles. The van der Waals surface area contributed by atoms with Gasteiger partial charge in [-0.15, -0.1) is 6.58 Å². The first-order valence-electron chi connectivity index (χ1n) is 17.4. The van der Waals surface area contributed by atoms with Gasteiger partial charge in [-0.3, -0.25) is 23.9 Å². The Hall–Kier alpha value is -3.13. The van der Waals surface area contributed by atoms with Gasteiger partial charge in [0.1, 0.15) is 11.9 Å². The van der Waals surface area contributed by atoms with Crippen molar-refractivity contribution in [3.05, 3.63) is 43.1 Å². The predicted molar refractivity (Wildman–Crippen MR) is 201 cm³/mol. The van der Waals surface area contributed by atoms with Crippen LogP contribution in [0.25, 0.3) is 10.8 Å². The van der Waals surface area contributed by atoms with Crippen LogP contribution in [0.5, 0.6) is 11.6 Å². The minimum absolute atomic E-state index is 0.0368. The number of nitrogens with one attached hydrogen (secondary N) is 1. The SMILES string of the molecule is C=C[C@@H]1C[C@]1(CC(=O)[C@@H]1C[C@@H](Oc2nccc3cc(OC)ccc23)CN1C(=O)[C@@H](CC(=O)OC(C)(C)C(Cl)(Cl)Cl)C(C)(C)C)C(=O)NS(=O)(=O)C1CC1. The average Bonchev–Trinajstić information content (AvgIpc) is 3.98. The van der Waals surface area contributed by atoms with Crippen molar-refractivity contribution in [1.82, 2.24) is 14.6 Å². The highest BCUT2D eigenvalue weighted by Crippen LogP contribution is 2.57. The molecule has 3 aliphatic rings. The summed E-state index contributed by atoms with van der Waals surface area (Å²) in [6.07, 6.45) is 2.91. The molecule has 2 aliphatic carbocycles. The van der Waals surface area contributed by atoms with Crippen LogP contribution in [0.15, 0.2) is 43.1 Å². The smallest absolute Gasteiger partial charge is 0.307 e. The fraction of sp³-hybridized carbons (Fsp3) is 0.595. The van der Waals surface area contributed by atoms with Crippen LogP contribution < -0.4 is 14.2 Å². The van der Waals surface area contributed by atoms with Gasteiger partial charge in [0.15, 0.2) is 11.4 Å². The molecule has 1 saturated heterocycles. The third-order valence-corrected chi connectivity index (χ3v) is 13.6. The molecule has 12 nitrogen and oxygen atoms in total. The van der Waals surface area contributed by atoms with Crippen LogP contribution in [0.4, 0.5) is 0 Å². The van der Waals surface area contributed by atoms with Crippen molar-refractivity contribution >= 4 is 79.2 Å². The molecule has 5 rings (SSSR count). The Morgan fingerprint density at radius 3 is 2.36 bits per heavy atom. The number of halogens is 3. The summed E-state index contributed by atoms with van der Waals surface area (Å²) in [4.78, 5) is 61.7. The molecule has 2 aromatic rings. The number of carbonyl (C=O) groups excluding carboxylic acids is 4.